The third-order valence-electron chi connectivity index (χ3n) is 1.90. The maximum Gasteiger partial charge on any atom is 0.422 e. The predicted molar refractivity (Wildman–Crippen MR) is 66.6 cm³/mol. The molecule has 0 amide bonds. The van der Waals surface area contributed by atoms with Crippen molar-refractivity contribution in [3.63, 3.8) is 0 Å². The van der Waals surface area contributed by atoms with E-state index in [0.29, 0.717) is 0 Å². The standard InChI is InChI=1S/C10H9ClF3N3O3/c11-4-9(15)16-6-1-7(17(18)19)3-8(2-6)20-5-10(12,13)14/h1-3H,4-5H2,(H2,15,16). The van der Waals surface area contributed by atoms with Crippen LogP contribution in [-0.4, -0.2) is 29.4 Å². The number of rotatable bonds is 5. The third-order valence-corrected chi connectivity index (χ3v) is 2.17. The number of ether oxygens (including phenoxy) is 1. The van der Waals surface area contributed by atoms with Gasteiger partial charge in [-0.25, -0.2) is 4.99 Å². The van der Waals surface area contributed by atoms with Crippen LogP contribution in [-0.2, 0) is 0 Å². The first kappa shape index (κ1) is 16.0. The van der Waals surface area contributed by atoms with Gasteiger partial charge in [0.2, 0.25) is 0 Å². The largest absolute Gasteiger partial charge is 0.484 e. The van der Waals surface area contributed by atoms with Gasteiger partial charge in [0.05, 0.1) is 22.6 Å². The minimum absolute atomic E-state index is 0.0190. The van der Waals surface area contributed by atoms with Gasteiger partial charge in [0.1, 0.15) is 11.6 Å². The summed E-state index contributed by atoms with van der Waals surface area (Å²) in [6.45, 7) is -1.57. The van der Waals surface area contributed by atoms with Gasteiger partial charge in [-0.05, 0) is 0 Å². The van der Waals surface area contributed by atoms with Crippen molar-refractivity contribution in [2.75, 3.05) is 12.5 Å². The molecule has 0 atom stereocenters. The number of aliphatic imine (C=N–C) groups is 1. The minimum atomic E-state index is -4.55. The number of nitro benzene ring substituents is 1. The molecule has 2 N–H and O–H groups in total. The maximum absolute atomic E-state index is 12.0. The van der Waals surface area contributed by atoms with E-state index in [1.165, 1.54) is 0 Å². The molecule has 0 radical (unpaired) electrons. The average Bonchev–Trinajstić information content (AvgIpc) is 2.35. The Bertz CT molecular complexity index is 534. The molecular formula is C10H9ClF3N3O3. The van der Waals surface area contributed by atoms with E-state index in [0.717, 1.165) is 18.2 Å². The Hall–Kier alpha value is -2.03. The molecule has 0 aliphatic heterocycles. The van der Waals surface area contributed by atoms with Crippen LogP contribution in [0.5, 0.6) is 5.75 Å². The van der Waals surface area contributed by atoms with Gasteiger partial charge in [0.15, 0.2) is 6.61 Å². The lowest BCUT2D eigenvalue weighted by atomic mass is 10.2. The Labute approximate surface area is 116 Å². The maximum atomic E-state index is 12.0. The quantitative estimate of drug-likeness (QED) is 0.297. The highest BCUT2D eigenvalue weighted by molar-refractivity contribution is 6.28. The molecule has 1 aromatic carbocycles. The molecule has 0 fully saturated rings. The zero-order chi connectivity index (χ0) is 15.3. The van der Waals surface area contributed by atoms with Crippen LogP contribution >= 0.6 is 11.6 Å². The van der Waals surface area contributed by atoms with Gasteiger partial charge in [-0.2, -0.15) is 13.2 Å². The second kappa shape index (κ2) is 6.42. The fourth-order valence-corrected chi connectivity index (χ4v) is 1.24. The molecule has 0 unspecified atom stereocenters. The number of hydrogen-bond donors (Lipinski definition) is 1. The summed E-state index contributed by atoms with van der Waals surface area (Å²) in [7, 11) is 0. The summed E-state index contributed by atoms with van der Waals surface area (Å²) in [6.07, 6.45) is -4.55. The summed E-state index contributed by atoms with van der Waals surface area (Å²) in [5.74, 6) is -0.492. The number of nitro groups is 1. The number of nitrogens with zero attached hydrogens (tertiary/aromatic N) is 2. The smallest absolute Gasteiger partial charge is 0.422 e. The molecule has 0 saturated carbocycles. The summed E-state index contributed by atoms with van der Waals surface area (Å²) in [6, 6.07) is 3.00. The molecule has 1 rings (SSSR count). The van der Waals surface area contributed by atoms with Crippen molar-refractivity contribution in [2.45, 2.75) is 6.18 Å². The molecule has 110 valence electrons. The van der Waals surface area contributed by atoms with Crippen molar-refractivity contribution in [1.29, 1.82) is 0 Å². The Morgan fingerprint density at radius 2 is 2.10 bits per heavy atom. The van der Waals surface area contributed by atoms with Crippen LogP contribution < -0.4 is 10.5 Å². The van der Waals surface area contributed by atoms with Crippen LogP contribution in [0.4, 0.5) is 24.5 Å². The molecule has 20 heavy (non-hydrogen) atoms. The van der Waals surface area contributed by atoms with Crippen LogP contribution in [0.15, 0.2) is 23.2 Å². The molecule has 0 aliphatic rings. The molecule has 0 bridgehead atoms. The average molecular weight is 312 g/mol. The Morgan fingerprint density at radius 3 is 2.60 bits per heavy atom. The lowest BCUT2D eigenvalue weighted by molar-refractivity contribution is -0.384. The van der Waals surface area contributed by atoms with Crippen molar-refractivity contribution >= 4 is 28.8 Å². The SMILES string of the molecule is NC(CCl)=Nc1cc(OCC(F)(F)F)cc([N+](=O)[O-])c1. The van der Waals surface area contributed by atoms with E-state index in [4.69, 9.17) is 17.3 Å². The molecule has 0 aromatic heterocycles. The fraction of sp³-hybridized carbons (Fsp3) is 0.300. The highest BCUT2D eigenvalue weighted by Gasteiger charge is 2.28. The van der Waals surface area contributed by atoms with E-state index in [-0.39, 0.29) is 23.2 Å². The number of nitrogens with two attached hydrogens (primary N) is 1. The first-order chi connectivity index (χ1) is 9.21. The molecule has 0 spiro atoms. The molecule has 10 heteroatoms. The van der Waals surface area contributed by atoms with E-state index >= 15 is 0 Å². The Morgan fingerprint density at radius 1 is 1.45 bits per heavy atom. The lowest BCUT2D eigenvalue weighted by Gasteiger charge is -2.09. The van der Waals surface area contributed by atoms with Crippen molar-refractivity contribution in [3.05, 3.63) is 28.3 Å². The molecular weight excluding hydrogens is 303 g/mol. The third kappa shape index (κ3) is 5.31. The number of amidine groups is 1. The molecule has 6 nitrogen and oxygen atoms in total. The van der Waals surface area contributed by atoms with Crippen molar-refractivity contribution in [2.24, 2.45) is 10.7 Å². The Balaban J connectivity index is 3.08. The van der Waals surface area contributed by atoms with Gasteiger partial charge in [0.25, 0.3) is 5.69 Å². The Kier molecular flexibility index (Phi) is 5.14. The van der Waals surface area contributed by atoms with Crippen LogP contribution in [0.3, 0.4) is 0 Å². The van der Waals surface area contributed by atoms with Crippen LogP contribution in [0.2, 0.25) is 0 Å². The second-order valence-corrected chi connectivity index (χ2v) is 3.85. The van der Waals surface area contributed by atoms with Crippen LogP contribution in [0, 0.1) is 10.1 Å². The summed E-state index contributed by atoms with van der Waals surface area (Å²) < 4.78 is 40.6. The van der Waals surface area contributed by atoms with E-state index in [1.54, 1.807) is 0 Å². The van der Waals surface area contributed by atoms with Crippen LogP contribution in [0.25, 0.3) is 0 Å². The van der Waals surface area contributed by atoms with Gasteiger partial charge >= 0.3 is 6.18 Å². The summed E-state index contributed by atoms with van der Waals surface area (Å²) in [4.78, 5) is 13.6. The number of non-ortho nitro benzene ring substituents is 1. The first-order valence-corrected chi connectivity index (χ1v) is 5.63. The predicted octanol–water partition coefficient (Wildman–Crippen LogP) is 2.76. The van der Waals surface area contributed by atoms with E-state index in [2.05, 4.69) is 9.73 Å². The first-order valence-electron chi connectivity index (χ1n) is 5.09. The number of benzene rings is 1. The highest BCUT2D eigenvalue weighted by atomic mass is 35.5. The molecule has 0 saturated heterocycles. The van der Waals surface area contributed by atoms with Crippen molar-refractivity contribution in [3.8, 4) is 5.75 Å². The zero-order valence-electron chi connectivity index (χ0n) is 9.85. The van der Waals surface area contributed by atoms with Crippen molar-refractivity contribution in [1.82, 2.24) is 0 Å². The zero-order valence-corrected chi connectivity index (χ0v) is 10.6. The van der Waals surface area contributed by atoms with Crippen molar-refractivity contribution < 1.29 is 22.8 Å². The topological polar surface area (TPSA) is 90.8 Å². The number of halogens is 4. The van der Waals surface area contributed by atoms with Gasteiger partial charge in [-0.1, -0.05) is 0 Å². The summed E-state index contributed by atoms with van der Waals surface area (Å²) >= 11 is 5.40. The van der Waals surface area contributed by atoms with Crippen LogP contribution in [0.1, 0.15) is 0 Å². The van der Waals surface area contributed by atoms with Gasteiger partial charge in [0, 0.05) is 12.1 Å². The molecule has 0 aliphatic carbocycles. The van der Waals surface area contributed by atoms with E-state index < -0.39 is 23.4 Å². The van der Waals surface area contributed by atoms with E-state index in [1.807, 2.05) is 0 Å². The number of hydrogen-bond acceptors (Lipinski definition) is 4. The number of alkyl halides is 4. The summed E-state index contributed by atoms with van der Waals surface area (Å²) in [5, 5.41) is 10.7. The lowest BCUT2D eigenvalue weighted by Crippen LogP contribution is -2.19. The van der Waals surface area contributed by atoms with Gasteiger partial charge < -0.3 is 10.5 Å². The molecule has 1 aromatic rings. The second-order valence-electron chi connectivity index (χ2n) is 3.58. The van der Waals surface area contributed by atoms with Gasteiger partial charge in [-0.3, -0.25) is 10.1 Å². The highest BCUT2D eigenvalue weighted by Crippen LogP contribution is 2.29. The van der Waals surface area contributed by atoms with Gasteiger partial charge in [-0.15, -0.1) is 11.6 Å². The summed E-state index contributed by atoms with van der Waals surface area (Å²) in [5.41, 5.74) is 4.87. The monoisotopic (exact) mass is 311 g/mol. The molecule has 0 heterocycles. The normalized spacial score (nSPS) is 12.3. The fourth-order valence-electron chi connectivity index (χ4n) is 1.18. The van der Waals surface area contributed by atoms with E-state index in [9.17, 15) is 23.3 Å². The minimum Gasteiger partial charge on any atom is -0.484 e.